The molecular weight excluding hydrogens is 426 g/mol. The predicted molar refractivity (Wildman–Crippen MR) is 125 cm³/mol. The lowest BCUT2D eigenvalue weighted by Gasteiger charge is -2.31. The lowest BCUT2D eigenvalue weighted by molar-refractivity contribution is 0.169. The zero-order valence-corrected chi connectivity index (χ0v) is 18.4. The molecule has 2 aromatic heterocycles. The van der Waals surface area contributed by atoms with E-state index in [0.717, 1.165) is 60.1 Å². The number of amides is 1. The highest BCUT2D eigenvalue weighted by atomic mass is 32.1. The summed E-state index contributed by atoms with van der Waals surface area (Å²) < 4.78 is 12.9. The number of furan rings is 1. The van der Waals surface area contributed by atoms with Gasteiger partial charge in [-0.1, -0.05) is 23.5 Å². The fraction of sp³-hybridized carbons (Fsp3) is 0.333. The van der Waals surface area contributed by atoms with E-state index >= 15 is 0 Å². The summed E-state index contributed by atoms with van der Waals surface area (Å²) in [7, 11) is 0. The molecular formula is C24H25N3O4S. The van der Waals surface area contributed by atoms with E-state index in [-0.39, 0.29) is 0 Å². The third kappa shape index (κ3) is 4.71. The third-order valence-electron chi connectivity index (χ3n) is 6.04. The van der Waals surface area contributed by atoms with E-state index in [1.54, 1.807) is 0 Å². The molecule has 2 aromatic carbocycles. The van der Waals surface area contributed by atoms with Crippen LogP contribution >= 0.6 is 11.3 Å². The van der Waals surface area contributed by atoms with E-state index in [2.05, 4.69) is 21.3 Å². The molecule has 1 aliphatic rings. The average Bonchev–Trinajstić information content (AvgIpc) is 3.38. The number of rotatable bonds is 7. The minimum Gasteiger partial charge on any atom is -0.465 e. The second-order valence-corrected chi connectivity index (χ2v) is 9.20. The highest BCUT2D eigenvalue weighted by Crippen LogP contribution is 2.34. The quantitative estimate of drug-likeness (QED) is 0.374. The summed E-state index contributed by atoms with van der Waals surface area (Å²) in [5.74, 6) is 1.30. The molecule has 0 unspecified atom stereocenters. The molecule has 1 saturated heterocycles. The fourth-order valence-electron chi connectivity index (χ4n) is 4.30. The van der Waals surface area contributed by atoms with Crippen LogP contribution in [0, 0.1) is 5.92 Å². The number of hydrogen-bond donors (Lipinski definition) is 2. The second-order valence-electron chi connectivity index (χ2n) is 8.21. The number of ether oxygens (including phenoxy) is 1. The maximum absolute atomic E-state index is 10.6. The van der Waals surface area contributed by atoms with E-state index < -0.39 is 6.09 Å². The molecule has 0 saturated carbocycles. The van der Waals surface area contributed by atoms with Crippen molar-refractivity contribution in [2.24, 2.45) is 5.92 Å². The lowest BCUT2D eigenvalue weighted by Crippen LogP contribution is -2.34. The van der Waals surface area contributed by atoms with Gasteiger partial charge in [0.1, 0.15) is 11.3 Å². The topological polar surface area (TPSA) is 87.8 Å². The number of carbonyl (C=O) groups is 1. The van der Waals surface area contributed by atoms with Crippen molar-refractivity contribution in [3.05, 3.63) is 54.3 Å². The van der Waals surface area contributed by atoms with Gasteiger partial charge in [0.15, 0.2) is 0 Å². The van der Waals surface area contributed by atoms with E-state index in [1.807, 2.05) is 42.7 Å². The van der Waals surface area contributed by atoms with Crippen LogP contribution in [0.4, 0.5) is 4.79 Å². The predicted octanol–water partition coefficient (Wildman–Crippen LogP) is 5.70. The minimum atomic E-state index is -0.942. The van der Waals surface area contributed by atoms with Crippen LogP contribution in [-0.4, -0.2) is 40.7 Å². The first-order valence-corrected chi connectivity index (χ1v) is 11.7. The molecule has 2 N–H and O–H groups in total. The van der Waals surface area contributed by atoms with Gasteiger partial charge in [-0.3, -0.25) is 4.90 Å². The monoisotopic (exact) mass is 451 g/mol. The number of hydrogen-bond acceptors (Lipinski definition) is 6. The van der Waals surface area contributed by atoms with Crippen molar-refractivity contribution in [1.29, 1.82) is 0 Å². The van der Waals surface area contributed by atoms with Gasteiger partial charge in [0.25, 0.3) is 5.19 Å². The van der Waals surface area contributed by atoms with Crippen LogP contribution in [0.15, 0.2) is 53.1 Å². The van der Waals surface area contributed by atoms with Crippen molar-refractivity contribution in [2.75, 3.05) is 19.6 Å². The van der Waals surface area contributed by atoms with Crippen molar-refractivity contribution in [3.8, 4) is 10.9 Å². The van der Waals surface area contributed by atoms with Gasteiger partial charge in [-0.15, -0.1) is 0 Å². The normalized spacial score (nSPS) is 15.4. The number of nitrogens with zero attached hydrogens (tertiary/aromatic N) is 2. The Morgan fingerprint density at radius 3 is 2.91 bits per heavy atom. The first-order chi connectivity index (χ1) is 15.6. The number of thiazole rings is 1. The van der Waals surface area contributed by atoms with Gasteiger partial charge in [-0.05, 0) is 62.5 Å². The number of para-hydroxylation sites is 1. The van der Waals surface area contributed by atoms with Crippen LogP contribution in [0.25, 0.3) is 21.2 Å². The molecule has 0 spiro atoms. The minimum absolute atomic E-state index is 0.536. The Hall–Kier alpha value is -3.10. The molecule has 32 heavy (non-hydrogen) atoms. The maximum atomic E-state index is 10.6. The van der Waals surface area contributed by atoms with E-state index in [9.17, 15) is 4.79 Å². The molecule has 0 atom stereocenters. The van der Waals surface area contributed by atoms with Gasteiger partial charge < -0.3 is 19.6 Å². The fourth-order valence-corrected chi connectivity index (χ4v) is 5.14. The lowest BCUT2D eigenvalue weighted by atomic mass is 9.93. The zero-order chi connectivity index (χ0) is 21.9. The number of benzene rings is 2. The van der Waals surface area contributed by atoms with Crippen molar-refractivity contribution >= 4 is 38.6 Å². The largest absolute Gasteiger partial charge is 0.465 e. The Morgan fingerprint density at radius 2 is 2.09 bits per heavy atom. The molecule has 3 heterocycles. The van der Waals surface area contributed by atoms with Crippen LogP contribution in [0.5, 0.6) is 10.9 Å². The SMILES string of the molecule is O=C(O)NCCC1CCN(Cc2coc3cc(Oc4nc5ccccc5s4)ccc23)CC1. The molecule has 0 aliphatic carbocycles. The number of carboxylic acid groups (broad SMARTS) is 1. The number of likely N-dealkylation sites (tertiary alicyclic amines) is 1. The van der Waals surface area contributed by atoms with Crippen molar-refractivity contribution < 1.29 is 19.1 Å². The van der Waals surface area contributed by atoms with Crippen LogP contribution in [-0.2, 0) is 6.54 Å². The summed E-state index contributed by atoms with van der Waals surface area (Å²) in [4.78, 5) is 17.6. The molecule has 0 radical (unpaired) electrons. The molecule has 4 aromatic rings. The third-order valence-corrected chi connectivity index (χ3v) is 6.95. The van der Waals surface area contributed by atoms with Crippen LogP contribution in [0.3, 0.4) is 0 Å². The van der Waals surface area contributed by atoms with Crippen molar-refractivity contribution in [2.45, 2.75) is 25.8 Å². The first kappa shape index (κ1) is 20.8. The molecule has 166 valence electrons. The smallest absolute Gasteiger partial charge is 0.404 e. The number of piperidine rings is 1. The molecule has 0 bridgehead atoms. The Labute approximate surface area is 189 Å². The Kier molecular flexibility index (Phi) is 5.96. The van der Waals surface area contributed by atoms with Gasteiger partial charge in [-0.25, -0.2) is 9.78 Å². The van der Waals surface area contributed by atoms with Crippen molar-refractivity contribution in [1.82, 2.24) is 15.2 Å². The van der Waals surface area contributed by atoms with Crippen LogP contribution in [0.2, 0.25) is 0 Å². The molecule has 1 amide bonds. The van der Waals surface area contributed by atoms with E-state index in [4.69, 9.17) is 14.3 Å². The standard InChI is InChI=1S/C24H25N3O4S/c28-23(29)25-10-7-16-8-11-27(12-9-16)14-17-15-30-21-13-18(5-6-19(17)21)31-24-26-20-3-1-2-4-22(20)32-24/h1-6,13,15-16,25H,7-12,14H2,(H,28,29). The summed E-state index contributed by atoms with van der Waals surface area (Å²) in [5.41, 5.74) is 2.93. The Bertz CT molecular complexity index is 1190. The summed E-state index contributed by atoms with van der Waals surface area (Å²) in [6.07, 6.45) is 4.00. The number of nitrogens with one attached hydrogen (secondary N) is 1. The van der Waals surface area contributed by atoms with Gasteiger partial charge in [0.05, 0.1) is 16.5 Å². The number of aromatic nitrogens is 1. The average molecular weight is 452 g/mol. The molecule has 5 rings (SSSR count). The van der Waals surface area contributed by atoms with Crippen molar-refractivity contribution in [3.63, 3.8) is 0 Å². The van der Waals surface area contributed by atoms with E-state index in [1.165, 1.54) is 16.9 Å². The summed E-state index contributed by atoms with van der Waals surface area (Å²) in [6.45, 7) is 3.42. The molecule has 8 heteroatoms. The van der Waals surface area contributed by atoms with Gasteiger partial charge in [0.2, 0.25) is 0 Å². The summed E-state index contributed by atoms with van der Waals surface area (Å²) >= 11 is 1.53. The molecule has 1 aliphatic heterocycles. The second kappa shape index (κ2) is 9.18. The van der Waals surface area contributed by atoms with Gasteiger partial charge in [-0.2, -0.15) is 0 Å². The first-order valence-electron chi connectivity index (χ1n) is 10.9. The maximum Gasteiger partial charge on any atom is 0.404 e. The highest BCUT2D eigenvalue weighted by molar-refractivity contribution is 7.20. The Balaban J connectivity index is 1.19. The Morgan fingerprint density at radius 1 is 1.25 bits per heavy atom. The van der Waals surface area contributed by atoms with Gasteiger partial charge in [0, 0.05) is 30.1 Å². The molecule has 1 fully saturated rings. The molecule has 7 nitrogen and oxygen atoms in total. The van der Waals surface area contributed by atoms with E-state index in [0.29, 0.717) is 23.4 Å². The summed E-state index contributed by atoms with van der Waals surface area (Å²) in [6, 6.07) is 13.9. The highest BCUT2D eigenvalue weighted by Gasteiger charge is 2.20. The van der Waals surface area contributed by atoms with Crippen LogP contribution < -0.4 is 10.1 Å². The zero-order valence-electron chi connectivity index (χ0n) is 17.6. The van der Waals surface area contributed by atoms with Gasteiger partial charge >= 0.3 is 6.09 Å². The summed E-state index contributed by atoms with van der Waals surface area (Å²) in [5, 5.41) is 12.9. The number of fused-ring (bicyclic) bond motifs is 2. The van der Waals surface area contributed by atoms with Crippen LogP contribution in [0.1, 0.15) is 24.8 Å².